The van der Waals surface area contributed by atoms with Crippen molar-refractivity contribution >= 4 is 8.07 Å². The number of allylic oxidation sites excluding steroid dienone is 6. The number of hydrogen-bond acceptors (Lipinski definition) is 1. The molecule has 0 spiro atoms. The minimum atomic E-state index is -1.77. The largest absolute Gasteiger partial charge is 1.00 e. The number of halogens is 2. The van der Waals surface area contributed by atoms with Crippen molar-refractivity contribution in [1.82, 2.24) is 0 Å². The summed E-state index contributed by atoms with van der Waals surface area (Å²) >= 11 is 2.30. The van der Waals surface area contributed by atoms with Crippen LogP contribution in [0.4, 0.5) is 0 Å². The summed E-state index contributed by atoms with van der Waals surface area (Å²) in [5, 5.41) is 1.53. The maximum Gasteiger partial charge on any atom is -1.00 e. The Labute approximate surface area is 173 Å². The number of rotatable bonds is 6. The van der Waals surface area contributed by atoms with Gasteiger partial charge in [-0.05, 0) is 0 Å². The van der Waals surface area contributed by atoms with E-state index in [2.05, 4.69) is 78.6 Å². The van der Waals surface area contributed by atoms with Crippen molar-refractivity contribution in [3.05, 3.63) is 44.5 Å². The number of ether oxygens (including phenoxy) is 1. The zero-order chi connectivity index (χ0) is 16.4. The molecule has 0 saturated carbocycles. The SMILES string of the molecule is CCCCOC1([Si](C)(C)C2=[C]([Ti+2])CC=C2)CC=C(C)C=C1C.[Cl-].[Cl-]. The van der Waals surface area contributed by atoms with Gasteiger partial charge < -0.3 is 24.8 Å². The van der Waals surface area contributed by atoms with Gasteiger partial charge in [-0.15, -0.1) is 0 Å². The first-order valence-corrected chi connectivity index (χ1v) is 12.2. The van der Waals surface area contributed by atoms with Crippen molar-refractivity contribution in [3.8, 4) is 0 Å². The fourth-order valence-corrected chi connectivity index (χ4v) is 9.52. The topological polar surface area (TPSA) is 9.23 Å². The molecular weight excluding hydrogens is 391 g/mol. The maximum atomic E-state index is 6.68. The van der Waals surface area contributed by atoms with E-state index in [1.807, 2.05) is 0 Å². The minimum Gasteiger partial charge on any atom is -1.00 e. The predicted molar refractivity (Wildman–Crippen MR) is 94.0 cm³/mol. The van der Waals surface area contributed by atoms with Crippen LogP contribution in [0, 0.1) is 0 Å². The molecule has 0 aromatic heterocycles. The zero-order valence-electron chi connectivity index (χ0n) is 15.5. The van der Waals surface area contributed by atoms with Gasteiger partial charge in [-0.25, -0.2) is 0 Å². The molecular formula is C19H29Cl2OSiTi. The Hall–Kier alpha value is 0.431. The summed E-state index contributed by atoms with van der Waals surface area (Å²) in [6.45, 7) is 12.6. The van der Waals surface area contributed by atoms with E-state index in [-0.39, 0.29) is 30.0 Å². The van der Waals surface area contributed by atoms with Gasteiger partial charge in [0.2, 0.25) is 0 Å². The third-order valence-electron chi connectivity index (χ3n) is 5.25. The van der Waals surface area contributed by atoms with Gasteiger partial charge in [0.1, 0.15) is 0 Å². The van der Waals surface area contributed by atoms with Crippen LogP contribution in [0.1, 0.15) is 46.5 Å². The van der Waals surface area contributed by atoms with Crippen molar-refractivity contribution in [2.24, 2.45) is 0 Å². The summed E-state index contributed by atoms with van der Waals surface area (Å²) in [6.07, 6.45) is 13.9. The van der Waals surface area contributed by atoms with Crippen molar-refractivity contribution < 1.29 is 50.0 Å². The molecule has 0 aromatic carbocycles. The molecule has 0 N–H and O–H groups in total. The molecule has 24 heavy (non-hydrogen) atoms. The average Bonchev–Trinajstić information content (AvgIpc) is 2.88. The first kappa shape index (κ1) is 24.4. The zero-order valence-corrected chi connectivity index (χ0v) is 19.6. The normalized spacial score (nSPS) is 23.5. The molecule has 0 aromatic rings. The van der Waals surface area contributed by atoms with Gasteiger partial charge in [0, 0.05) is 0 Å². The van der Waals surface area contributed by atoms with E-state index >= 15 is 0 Å². The summed E-state index contributed by atoms with van der Waals surface area (Å²) in [5.74, 6) is 0. The van der Waals surface area contributed by atoms with E-state index in [0.717, 1.165) is 25.9 Å². The van der Waals surface area contributed by atoms with E-state index in [1.165, 1.54) is 17.6 Å². The fraction of sp³-hybridized carbons (Fsp3) is 0.579. The second-order valence-corrected chi connectivity index (χ2v) is 12.7. The van der Waals surface area contributed by atoms with Crippen LogP contribution < -0.4 is 24.8 Å². The van der Waals surface area contributed by atoms with Crippen molar-refractivity contribution in [2.75, 3.05) is 6.61 Å². The van der Waals surface area contributed by atoms with Crippen LogP contribution in [-0.4, -0.2) is 19.9 Å². The molecule has 133 valence electrons. The van der Waals surface area contributed by atoms with Gasteiger partial charge >= 0.3 is 149 Å². The summed E-state index contributed by atoms with van der Waals surface area (Å²) in [7, 11) is -1.77. The van der Waals surface area contributed by atoms with Crippen LogP contribution >= 0.6 is 0 Å². The van der Waals surface area contributed by atoms with Crippen LogP contribution in [-0.2, 0) is 25.2 Å². The molecule has 2 rings (SSSR count). The van der Waals surface area contributed by atoms with Gasteiger partial charge in [-0.2, -0.15) is 0 Å². The second-order valence-electron chi connectivity index (χ2n) is 7.13. The van der Waals surface area contributed by atoms with Crippen LogP contribution in [0.2, 0.25) is 13.1 Å². The first-order valence-electron chi connectivity index (χ1n) is 8.46. The molecule has 0 bridgehead atoms. The van der Waals surface area contributed by atoms with Gasteiger partial charge in [0.25, 0.3) is 0 Å². The maximum absolute atomic E-state index is 6.68. The predicted octanol–water partition coefficient (Wildman–Crippen LogP) is -0.606. The van der Waals surface area contributed by atoms with Crippen molar-refractivity contribution in [3.63, 3.8) is 0 Å². The van der Waals surface area contributed by atoms with E-state index in [0.29, 0.717) is 0 Å². The fourth-order valence-electron chi connectivity index (χ4n) is 3.78. The molecule has 2 aliphatic rings. The van der Waals surface area contributed by atoms with E-state index < -0.39 is 8.07 Å². The van der Waals surface area contributed by atoms with Crippen LogP contribution in [0.5, 0.6) is 0 Å². The quantitative estimate of drug-likeness (QED) is 0.412. The first-order chi connectivity index (χ1) is 10.3. The molecule has 1 unspecified atom stereocenters. The Bertz CT molecular complexity index is 564. The van der Waals surface area contributed by atoms with E-state index in [1.54, 1.807) is 9.07 Å². The van der Waals surface area contributed by atoms with Crippen molar-refractivity contribution in [1.29, 1.82) is 0 Å². The molecule has 0 aliphatic heterocycles. The Morgan fingerprint density at radius 1 is 1.25 bits per heavy atom. The molecule has 0 heterocycles. The molecule has 1 atom stereocenters. The van der Waals surface area contributed by atoms with Gasteiger partial charge in [0.15, 0.2) is 0 Å². The molecule has 2 aliphatic carbocycles. The molecule has 1 nitrogen and oxygen atoms in total. The average molecular weight is 420 g/mol. The standard InChI is InChI=1S/C19H29OSi.2ClH.Ti/c1-6-7-14-20-19(13-12-16(2)15-17(19)3)21(4,5)18-10-8-9-11-18;;;/h8,10,12,15H,6-7,9,13-14H2,1-5H3;2*1H;/q;;;+2/p-2. The van der Waals surface area contributed by atoms with E-state index in [9.17, 15) is 0 Å². The Kier molecular flexibility index (Phi) is 10.1. The Balaban J connectivity index is 0.00000264. The van der Waals surface area contributed by atoms with Gasteiger partial charge in [-0.1, -0.05) is 0 Å². The summed E-state index contributed by atoms with van der Waals surface area (Å²) in [4.78, 5) is 0. The molecule has 0 fully saturated rings. The summed E-state index contributed by atoms with van der Waals surface area (Å²) < 4.78 is 8.23. The molecule has 0 radical (unpaired) electrons. The van der Waals surface area contributed by atoms with Crippen LogP contribution in [0.3, 0.4) is 0 Å². The minimum absolute atomic E-state index is 0. The number of unbranched alkanes of at least 4 members (excludes halogenated alkanes) is 1. The Morgan fingerprint density at radius 3 is 2.42 bits per heavy atom. The molecule has 0 saturated heterocycles. The van der Waals surface area contributed by atoms with Gasteiger partial charge in [-0.3, -0.25) is 0 Å². The molecule has 5 heteroatoms. The molecule has 0 amide bonds. The number of hydrogen-bond donors (Lipinski definition) is 0. The Morgan fingerprint density at radius 2 is 1.92 bits per heavy atom. The second kappa shape index (κ2) is 9.94. The third-order valence-corrected chi connectivity index (χ3v) is 11.0. The van der Waals surface area contributed by atoms with Gasteiger partial charge in [0.05, 0.1) is 0 Å². The third kappa shape index (κ3) is 4.58. The monoisotopic (exact) mass is 419 g/mol. The van der Waals surface area contributed by atoms with E-state index in [4.69, 9.17) is 4.74 Å². The summed E-state index contributed by atoms with van der Waals surface area (Å²) in [6, 6.07) is 0. The van der Waals surface area contributed by atoms with Crippen LogP contribution in [0.25, 0.3) is 0 Å². The van der Waals surface area contributed by atoms with Crippen molar-refractivity contribution in [2.45, 2.75) is 64.8 Å². The smallest absolute Gasteiger partial charge is 1.00 e. The summed E-state index contributed by atoms with van der Waals surface area (Å²) in [5.41, 5.74) is 2.81. The van der Waals surface area contributed by atoms with Crippen LogP contribution in [0.15, 0.2) is 44.5 Å².